The number of fused-ring (bicyclic) bond motifs is 1. The lowest BCUT2D eigenvalue weighted by molar-refractivity contribution is -0.143. The van der Waals surface area contributed by atoms with E-state index in [1.54, 1.807) is 24.8 Å². The molecule has 110 valence electrons. The number of carbonyl (C=O) groups excluding carboxylic acids is 1. The van der Waals surface area contributed by atoms with Crippen molar-refractivity contribution in [3.05, 3.63) is 24.3 Å². The van der Waals surface area contributed by atoms with Gasteiger partial charge in [-0.3, -0.25) is 4.79 Å². The second kappa shape index (κ2) is 5.71. The number of amides is 1. The molecule has 1 aromatic carbocycles. The zero-order valence-corrected chi connectivity index (χ0v) is 12.1. The summed E-state index contributed by atoms with van der Waals surface area (Å²) in [6, 6.07) is 7.28. The minimum atomic E-state index is -0.931. The molecule has 0 saturated carbocycles. The molecule has 1 amide bonds. The number of nitrogens with zero attached hydrogens (tertiary/aromatic N) is 1. The number of hydrogen-bond acceptors (Lipinski definition) is 4. The van der Waals surface area contributed by atoms with Crippen LogP contribution in [-0.4, -0.2) is 47.3 Å². The quantitative estimate of drug-likeness (QED) is 0.906. The summed E-state index contributed by atoms with van der Waals surface area (Å²) >= 11 is 0. The maximum absolute atomic E-state index is 12.4. The van der Waals surface area contributed by atoms with Crippen LogP contribution in [0.2, 0.25) is 0 Å². The summed E-state index contributed by atoms with van der Waals surface area (Å²) in [4.78, 5) is 14.0. The average molecular weight is 279 g/mol. The molecule has 0 spiro atoms. The molecule has 20 heavy (non-hydrogen) atoms. The lowest BCUT2D eigenvalue weighted by Gasteiger charge is -2.33. The third-order valence-corrected chi connectivity index (χ3v) is 3.06. The normalized spacial score (nSPS) is 17.7. The summed E-state index contributed by atoms with van der Waals surface area (Å²) in [5, 5.41) is 9.86. The van der Waals surface area contributed by atoms with Gasteiger partial charge in [-0.15, -0.1) is 0 Å². The van der Waals surface area contributed by atoms with Crippen molar-refractivity contribution >= 4 is 5.91 Å². The second-order valence-corrected chi connectivity index (χ2v) is 5.53. The first-order valence-electron chi connectivity index (χ1n) is 6.80. The Kier molecular flexibility index (Phi) is 4.18. The van der Waals surface area contributed by atoms with E-state index in [9.17, 15) is 9.90 Å². The molecule has 0 saturated heterocycles. The molecule has 1 aliphatic heterocycles. The molecule has 1 aliphatic rings. The standard InChI is InChI=1S/C15H21NO4/c1-4-16(10-15(2,3)18)14(17)13-9-19-11-7-5-6-8-12(11)20-13/h5-8,13,18H,4,9-10H2,1-3H3. The van der Waals surface area contributed by atoms with Gasteiger partial charge in [-0.25, -0.2) is 0 Å². The molecule has 0 radical (unpaired) electrons. The van der Waals surface area contributed by atoms with Crippen LogP contribution >= 0.6 is 0 Å². The largest absolute Gasteiger partial charge is 0.485 e. The average Bonchev–Trinajstić information content (AvgIpc) is 2.42. The van der Waals surface area contributed by atoms with Crippen molar-refractivity contribution in [2.24, 2.45) is 0 Å². The van der Waals surface area contributed by atoms with Crippen LogP contribution in [0.1, 0.15) is 20.8 Å². The van der Waals surface area contributed by atoms with E-state index in [2.05, 4.69) is 0 Å². The van der Waals surface area contributed by atoms with Crippen molar-refractivity contribution in [3.8, 4) is 11.5 Å². The molecule has 1 N–H and O–H groups in total. The number of para-hydroxylation sites is 2. The number of carbonyl (C=O) groups is 1. The molecule has 1 atom stereocenters. The van der Waals surface area contributed by atoms with E-state index in [4.69, 9.17) is 9.47 Å². The van der Waals surface area contributed by atoms with E-state index in [1.807, 2.05) is 25.1 Å². The lowest BCUT2D eigenvalue weighted by atomic mass is 10.1. The van der Waals surface area contributed by atoms with Gasteiger partial charge in [0, 0.05) is 13.1 Å². The highest BCUT2D eigenvalue weighted by Crippen LogP contribution is 2.31. The van der Waals surface area contributed by atoms with Crippen molar-refractivity contribution in [1.82, 2.24) is 4.90 Å². The molecule has 0 aromatic heterocycles. The monoisotopic (exact) mass is 279 g/mol. The molecular weight excluding hydrogens is 258 g/mol. The van der Waals surface area contributed by atoms with Gasteiger partial charge in [0.25, 0.3) is 5.91 Å². The first kappa shape index (κ1) is 14.7. The van der Waals surface area contributed by atoms with E-state index < -0.39 is 11.7 Å². The van der Waals surface area contributed by atoms with Gasteiger partial charge in [0.05, 0.1) is 5.60 Å². The van der Waals surface area contributed by atoms with E-state index >= 15 is 0 Å². The summed E-state index contributed by atoms with van der Waals surface area (Å²) in [6.45, 7) is 6.21. The van der Waals surface area contributed by atoms with E-state index in [-0.39, 0.29) is 19.1 Å². The van der Waals surface area contributed by atoms with E-state index in [0.717, 1.165) is 0 Å². The molecule has 0 fully saturated rings. The Labute approximate surface area is 119 Å². The number of benzene rings is 1. The Morgan fingerprint density at radius 3 is 2.65 bits per heavy atom. The van der Waals surface area contributed by atoms with E-state index in [1.165, 1.54) is 0 Å². The lowest BCUT2D eigenvalue weighted by Crippen LogP contribution is -2.50. The fraction of sp³-hybridized carbons (Fsp3) is 0.533. The van der Waals surface area contributed by atoms with E-state index in [0.29, 0.717) is 18.0 Å². The first-order chi connectivity index (χ1) is 9.40. The third-order valence-electron chi connectivity index (χ3n) is 3.06. The number of likely N-dealkylation sites (N-methyl/N-ethyl adjacent to an activating group) is 1. The van der Waals surface area contributed by atoms with Crippen LogP contribution < -0.4 is 9.47 Å². The van der Waals surface area contributed by atoms with Crippen molar-refractivity contribution in [3.63, 3.8) is 0 Å². The fourth-order valence-corrected chi connectivity index (χ4v) is 2.16. The summed E-state index contributed by atoms with van der Waals surface area (Å²) in [6.07, 6.45) is -0.660. The molecule has 0 bridgehead atoms. The second-order valence-electron chi connectivity index (χ2n) is 5.53. The highest BCUT2D eigenvalue weighted by atomic mass is 16.6. The minimum Gasteiger partial charge on any atom is -0.485 e. The van der Waals surface area contributed by atoms with Gasteiger partial charge in [0.2, 0.25) is 6.10 Å². The number of rotatable bonds is 4. The van der Waals surface area contributed by atoms with Crippen LogP contribution in [0.3, 0.4) is 0 Å². The maximum atomic E-state index is 12.4. The molecule has 1 aromatic rings. The summed E-state index contributed by atoms with van der Waals surface area (Å²) in [5.74, 6) is 1.07. The van der Waals surface area contributed by atoms with Crippen molar-refractivity contribution in [1.29, 1.82) is 0 Å². The van der Waals surface area contributed by atoms with Gasteiger partial charge in [0.15, 0.2) is 11.5 Å². The topological polar surface area (TPSA) is 59.0 Å². The first-order valence-corrected chi connectivity index (χ1v) is 6.80. The summed E-state index contributed by atoms with van der Waals surface area (Å²) in [5.41, 5.74) is -0.931. The predicted octanol–water partition coefficient (Wildman–Crippen LogP) is 1.45. The molecule has 1 unspecified atom stereocenters. The van der Waals surface area contributed by atoms with Crippen LogP contribution in [0.15, 0.2) is 24.3 Å². The minimum absolute atomic E-state index is 0.163. The van der Waals surface area contributed by atoms with Gasteiger partial charge in [0.1, 0.15) is 6.61 Å². The van der Waals surface area contributed by atoms with Crippen LogP contribution in [0.25, 0.3) is 0 Å². The van der Waals surface area contributed by atoms with Crippen molar-refractivity contribution in [2.75, 3.05) is 19.7 Å². The highest BCUT2D eigenvalue weighted by molar-refractivity contribution is 5.82. The molecule has 5 nitrogen and oxygen atoms in total. The van der Waals surface area contributed by atoms with Crippen LogP contribution in [-0.2, 0) is 4.79 Å². The number of aliphatic hydroxyl groups is 1. The van der Waals surface area contributed by atoms with Gasteiger partial charge < -0.3 is 19.5 Å². The van der Waals surface area contributed by atoms with Crippen LogP contribution in [0, 0.1) is 0 Å². The zero-order chi connectivity index (χ0) is 14.8. The Morgan fingerprint density at radius 1 is 1.40 bits per heavy atom. The smallest absolute Gasteiger partial charge is 0.267 e. The van der Waals surface area contributed by atoms with Gasteiger partial charge >= 0.3 is 0 Å². The molecule has 2 rings (SSSR count). The van der Waals surface area contributed by atoms with Crippen LogP contribution in [0.4, 0.5) is 0 Å². The Bertz CT molecular complexity index is 481. The SMILES string of the molecule is CCN(CC(C)(C)O)C(=O)C1COc2ccccc2O1. The zero-order valence-electron chi connectivity index (χ0n) is 12.1. The number of hydrogen-bond donors (Lipinski definition) is 1. The molecule has 1 heterocycles. The fourth-order valence-electron chi connectivity index (χ4n) is 2.16. The Morgan fingerprint density at radius 2 is 2.05 bits per heavy atom. The summed E-state index contributed by atoms with van der Waals surface area (Å²) < 4.78 is 11.2. The molecule has 0 aliphatic carbocycles. The maximum Gasteiger partial charge on any atom is 0.267 e. The van der Waals surface area contributed by atoms with Gasteiger partial charge in [-0.2, -0.15) is 0 Å². The van der Waals surface area contributed by atoms with Crippen LogP contribution in [0.5, 0.6) is 11.5 Å². The highest BCUT2D eigenvalue weighted by Gasteiger charge is 2.32. The Balaban J connectivity index is 2.07. The molecule has 5 heteroatoms. The van der Waals surface area contributed by atoms with Crippen molar-refractivity contribution < 1.29 is 19.4 Å². The molecular formula is C15H21NO4. The summed E-state index contributed by atoms with van der Waals surface area (Å²) in [7, 11) is 0. The number of ether oxygens (including phenoxy) is 2. The van der Waals surface area contributed by atoms with Gasteiger partial charge in [-0.1, -0.05) is 12.1 Å². The van der Waals surface area contributed by atoms with Crippen molar-refractivity contribution in [2.45, 2.75) is 32.5 Å². The predicted molar refractivity (Wildman–Crippen MR) is 74.9 cm³/mol. The third kappa shape index (κ3) is 3.42. The van der Waals surface area contributed by atoms with Gasteiger partial charge in [-0.05, 0) is 32.9 Å². The Hall–Kier alpha value is -1.75.